The fourth-order valence-electron chi connectivity index (χ4n) is 1.40. The van der Waals surface area contributed by atoms with E-state index in [1.54, 1.807) is 0 Å². The summed E-state index contributed by atoms with van der Waals surface area (Å²) in [4.78, 5) is 16.7. The molecule has 1 aromatic rings. The Balaban J connectivity index is 0. The number of nitrogens with one attached hydrogen (secondary N) is 2. The molecule has 0 aliphatic rings. The Morgan fingerprint density at radius 2 is 1.47 bits per heavy atom. The normalized spacial score (nSPS) is 7.82. The van der Waals surface area contributed by atoms with Gasteiger partial charge < -0.3 is 0 Å². The second-order valence-corrected chi connectivity index (χ2v) is 3.65. The lowest BCUT2D eigenvalue weighted by Crippen LogP contribution is -1.93. The topological polar surface area (TPSA) is 81.8 Å². The molecular formula is C13H18N2O2. The van der Waals surface area contributed by atoms with Gasteiger partial charge in [0.15, 0.2) is 0 Å². The molecule has 17 heavy (non-hydrogen) atoms. The maximum Gasteiger partial charge on any atom is 0.231 e. The Morgan fingerprint density at radius 3 is 1.76 bits per heavy atom. The van der Waals surface area contributed by atoms with Crippen molar-refractivity contribution in [1.29, 1.82) is 10.8 Å². The smallest absolute Gasteiger partial charge is 0.222 e. The molecule has 1 rings (SSSR count). The number of rotatable bonds is 1. The Kier molecular flexibility index (Phi) is 10.7. The molecule has 0 unspecified atom stereocenters. The second-order valence-electron chi connectivity index (χ2n) is 3.65. The largest absolute Gasteiger partial charge is 0.231 e. The molecule has 0 spiro atoms. The maximum atomic E-state index is 8.35. The molecule has 4 heteroatoms. The van der Waals surface area contributed by atoms with Gasteiger partial charge in [0.25, 0.3) is 0 Å². The Hall–Kier alpha value is -2.02. The van der Waals surface area contributed by atoms with E-state index in [4.69, 9.17) is 20.4 Å². The molecule has 0 fully saturated rings. The van der Waals surface area contributed by atoms with E-state index >= 15 is 0 Å². The molecule has 1 aromatic carbocycles. The van der Waals surface area contributed by atoms with Gasteiger partial charge in [-0.15, -0.1) is 0 Å². The first kappa shape index (κ1) is 17.4. The van der Waals surface area contributed by atoms with Crippen LogP contribution in [-0.2, 0) is 9.59 Å². The Bertz CT molecular complexity index is 388. The highest BCUT2D eigenvalue weighted by molar-refractivity contribution is 5.34. The fourth-order valence-corrected chi connectivity index (χ4v) is 1.40. The zero-order valence-corrected chi connectivity index (χ0v) is 10.6. The molecule has 0 saturated heterocycles. The van der Waals surface area contributed by atoms with E-state index in [0.29, 0.717) is 5.92 Å². The van der Waals surface area contributed by atoms with Crippen molar-refractivity contribution in [2.24, 2.45) is 0 Å². The third kappa shape index (κ3) is 7.86. The number of benzene rings is 1. The van der Waals surface area contributed by atoms with Crippen LogP contribution in [0.3, 0.4) is 0 Å². The van der Waals surface area contributed by atoms with Crippen LogP contribution in [0.4, 0.5) is 0 Å². The molecule has 0 radical (unpaired) electrons. The summed E-state index contributed by atoms with van der Waals surface area (Å²) in [6, 6.07) is 6.52. The lowest BCUT2D eigenvalue weighted by Gasteiger charge is -2.10. The Morgan fingerprint density at radius 1 is 1.06 bits per heavy atom. The summed E-state index contributed by atoms with van der Waals surface area (Å²) in [7, 11) is 0. The van der Waals surface area contributed by atoms with Gasteiger partial charge >= 0.3 is 0 Å². The molecule has 0 aliphatic carbocycles. The molecule has 0 heterocycles. The van der Waals surface area contributed by atoms with Crippen molar-refractivity contribution in [3.63, 3.8) is 0 Å². The molecule has 4 nitrogen and oxygen atoms in total. The fraction of sp³-hybridized carbons (Fsp3) is 0.385. The molecule has 0 atom stereocenters. The number of hydrogen-bond donors (Lipinski definition) is 2. The standard InChI is InChI=1S/C11H16.2CHNO/c1-8(2)11-7-5-6-9(3)10(11)4;2*2-1-3/h5-8H,1-4H3;2*2H. The monoisotopic (exact) mass is 234 g/mol. The summed E-state index contributed by atoms with van der Waals surface area (Å²) in [6.45, 7) is 8.84. The number of aryl methyl sites for hydroxylation is 1. The van der Waals surface area contributed by atoms with Crippen molar-refractivity contribution < 1.29 is 9.59 Å². The van der Waals surface area contributed by atoms with E-state index in [2.05, 4.69) is 45.9 Å². The van der Waals surface area contributed by atoms with Crippen molar-refractivity contribution in [3.8, 4) is 0 Å². The molecule has 0 aromatic heterocycles. The summed E-state index contributed by atoms with van der Waals surface area (Å²) >= 11 is 0. The highest BCUT2D eigenvalue weighted by atomic mass is 16.1. The number of hydrogen-bond acceptors (Lipinski definition) is 4. The predicted molar refractivity (Wildman–Crippen MR) is 66.8 cm³/mol. The van der Waals surface area contributed by atoms with Gasteiger partial charge in [0.1, 0.15) is 0 Å². The van der Waals surface area contributed by atoms with Crippen LogP contribution in [0.25, 0.3) is 0 Å². The minimum Gasteiger partial charge on any atom is -0.222 e. The summed E-state index contributed by atoms with van der Waals surface area (Å²) in [5, 5.41) is 10.8. The molecule has 0 bridgehead atoms. The summed E-state index contributed by atoms with van der Waals surface area (Å²) < 4.78 is 0. The molecule has 92 valence electrons. The van der Waals surface area contributed by atoms with E-state index in [1.807, 2.05) is 0 Å². The van der Waals surface area contributed by atoms with E-state index in [9.17, 15) is 0 Å². The first-order valence-electron chi connectivity index (χ1n) is 5.10. The Labute approximate surface area is 102 Å². The van der Waals surface area contributed by atoms with Gasteiger partial charge in [0.2, 0.25) is 12.2 Å². The predicted octanol–water partition coefficient (Wildman–Crippen LogP) is 3.23. The van der Waals surface area contributed by atoms with Crippen LogP contribution in [0.5, 0.6) is 0 Å². The van der Waals surface area contributed by atoms with Gasteiger partial charge in [-0.3, -0.25) is 0 Å². The first-order chi connectivity index (χ1) is 7.95. The zero-order chi connectivity index (χ0) is 13.8. The highest BCUT2D eigenvalue weighted by Crippen LogP contribution is 2.20. The maximum absolute atomic E-state index is 8.35. The minimum atomic E-state index is 0.648. The van der Waals surface area contributed by atoms with Crippen LogP contribution in [-0.4, -0.2) is 12.2 Å². The van der Waals surface area contributed by atoms with Crippen LogP contribution in [0.1, 0.15) is 36.5 Å². The van der Waals surface area contributed by atoms with E-state index < -0.39 is 0 Å². The minimum absolute atomic E-state index is 0.648. The highest BCUT2D eigenvalue weighted by Gasteiger charge is 2.03. The van der Waals surface area contributed by atoms with Crippen molar-refractivity contribution >= 4 is 12.2 Å². The SMILES string of the molecule is Cc1cccc(C(C)C)c1C.N=C=O.N=C=O. The lowest BCUT2D eigenvalue weighted by molar-refractivity contribution is 0.562. The third-order valence-electron chi connectivity index (χ3n) is 2.27. The van der Waals surface area contributed by atoms with Crippen LogP contribution in [0, 0.1) is 24.7 Å². The average molecular weight is 234 g/mol. The molecule has 0 saturated carbocycles. The third-order valence-corrected chi connectivity index (χ3v) is 2.27. The summed E-state index contributed by atoms with van der Waals surface area (Å²) in [6.07, 6.45) is 1.50. The van der Waals surface area contributed by atoms with E-state index in [-0.39, 0.29) is 0 Å². The van der Waals surface area contributed by atoms with E-state index in [1.165, 1.54) is 16.7 Å². The van der Waals surface area contributed by atoms with Gasteiger partial charge in [0.05, 0.1) is 0 Å². The van der Waals surface area contributed by atoms with Crippen molar-refractivity contribution in [3.05, 3.63) is 34.9 Å². The van der Waals surface area contributed by atoms with Crippen molar-refractivity contribution in [2.75, 3.05) is 0 Å². The van der Waals surface area contributed by atoms with E-state index in [0.717, 1.165) is 12.2 Å². The second kappa shape index (κ2) is 10.5. The summed E-state index contributed by atoms with van der Waals surface area (Å²) in [5.41, 5.74) is 4.32. The summed E-state index contributed by atoms with van der Waals surface area (Å²) in [5.74, 6) is 0.648. The van der Waals surface area contributed by atoms with Crippen molar-refractivity contribution in [2.45, 2.75) is 33.6 Å². The van der Waals surface area contributed by atoms with Crippen LogP contribution in [0.2, 0.25) is 0 Å². The number of isocyanates is 2. The molecule has 0 amide bonds. The molecular weight excluding hydrogens is 216 g/mol. The zero-order valence-electron chi connectivity index (χ0n) is 10.6. The van der Waals surface area contributed by atoms with Gasteiger partial charge in [-0.05, 0) is 36.5 Å². The van der Waals surface area contributed by atoms with Crippen LogP contribution < -0.4 is 0 Å². The molecule has 0 aliphatic heterocycles. The van der Waals surface area contributed by atoms with Gasteiger partial charge in [-0.1, -0.05) is 32.0 Å². The number of carbonyl (C=O) groups excluding carboxylic acids is 2. The quantitative estimate of drug-likeness (QED) is 0.577. The van der Waals surface area contributed by atoms with Gasteiger partial charge in [-0.25, -0.2) is 20.4 Å². The van der Waals surface area contributed by atoms with Gasteiger partial charge in [-0.2, -0.15) is 0 Å². The van der Waals surface area contributed by atoms with Crippen LogP contribution in [0.15, 0.2) is 18.2 Å². The first-order valence-corrected chi connectivity index (χ1v) is 5.10. The van der Waals surface area contributed by atoms with Crippen LogP contribution >= 0.6 is 0 Å². The lowest BCUT2D eigenvalue weighted by atomic mass is 9.95. The van der Waals surface area contributed by atoms with Crippen molar-refractivity contribution in [1.82, 2.24) is 0 Å². The molecule has 2 N–H and O–H groups in total. The van der Waals surface area contributed by atoms with Gasteiger partial charge in [0, 0.05) is 0 Å². The average Bonchev–Trinajstić information content (AvgIpc) is 2.24.